The Hall–Kier alpha value is -1.09. The van der Waals surface area contributed by atoms with Crippen molar-refractivity contribution in [2.45, 2.75) is 37.4 Å². The quantitative estimate of drug-likeness (QED) is 0.836. The van der Waals surface area contributed by atoms with E-state index in [4.69, 9.17) is 10.5 Å². The fourth-order valence-electron chi connectivity index (χ4n) is 2.42. The number of rotatable bonds is 2. The number of ether oxygens (including phenoxy) is 1. The number of hydrogen-bond acceptors (Lipinski definition) is 2. The van der Waals surface area contributed by atoms with Crippen molar-refractivity contribution < 1.29 is 9.13 Å². The van der Waals surface area contributed by atoms with Crippen molar-refractivity contribution in [3.05, 3.63) is 29.8 Å². The number of methoxy groups -OCH3 is 1. The van der Waals surface area contributed by atoms with Crippen molar-refractivity contribution in [2.24, 2.45) is 5.73 Å². The first-order valence-corrected chi connectivity index (χ1v) is 5.73. The molecule has 2 N–H and O–H groups in total. The van der Waals surface area contributed by atoms with Gasteiger partial charge in [0.05, 0.1) is 7.11 Å². The average Bonchev–Trinajstić information content (AvgIpc) is 2.29. The van der Waals surface area contributed by atoms with Crippen LogP contribution < -0.4 is 10.5 Å². The van der Waals surface area contributed by atoms with E-state index in [9.17, 15) is 4.39 Å². The highest BCUT2D eigenvalue weighted by Crippen LogP contribution is 2.40. The van der Waals surface area contributed by atoms with Gasteiger partial charge in [0.2, 0.25) is 0 Å². The highest BCUT2D eigenvalue weighted by atomic mass is 19.1. The molecular weight excluding hydrogens is 205 g/mol. The molecule has 1 aliphatic carbocycles. The first-order valence-electron chi connectivity index (χ1n) is 5.73. The normalized spacial score (nSPS) is 30.1. The maximum atomic E-state index is 14.7. The zero-order chi connectivity index (χ0) is 11.6. The van der Waals surface area contributed by atoms with Crippen LogP contribution in [-0.4, -0.2) is 13.2 Å². The van der Waals surface area contributed by atoms with Gasteiger partial charge in [-0.25, -0.2) is 4.39 Å². The Balaban J connectivity index is 2.20. The van der Waals surface area contributed by atoms with E-state index in [1.807, 2.05) is 0 Å². The smallest absolute Gasteiger partial charge is 0.137 e. The Morgan fingerprint density at radius 2 is 2.06 bits per heavy atom. The summed E-state index contributed by atoms with van der Waals surface area (Å²) in [5.41, 5.74) is 5.32. The van der Waals surface area contributed by atoms with Crippen molar-refractivity contribution in [1.29, 1.82) is 0 Å². The van der Waals surface area contributed by atoms with E-state index in [0.29, 0.717) is 12.8 Å². The molecule has 0 spiro atoms. The van der Waals surface area contributed by atoms with Gasteiger partial charge in [-0.15, -0.1) is 0 Å². The minimum absolute atomic E-state index is 0.0131. The fraction of sp³-hybridized carbons (Fsp3) is 0.538. The average molecular weight is 223 g/mol. The molecule has 0 bridgehead atoms. The second-order valence-electron chi connectivity index (χ2n) is 4.55. The molecule has 0 aromatic heterocycles. The Morgan fingerprint density at radius 3 is 2.62 bits per heavy atom. The molecule has 2 atom stereocenters. The number of alkyl halides is 1. The van der Waals surface area contributed by atoms with Crippen molar-refractivity contribution in [3.8, 4) is 5.75 Å². The van der Waals surface area contributed by atoms with Crippen LogP contribution >= 0.6 is 0 Å². The molecule has 0 saturated heterocycles. The van der Waals surface area contributed by atoms with Crippen LogP contribution in [0.3, 0.4) is 0 Å². The number of benzene rings is 1. The zero-order valence-corrected chi connectivity index (χ0v) is 9.58. The molecule has 2 nitrogen and oxygen atoms in total. The van der Waals surface area contributed by atoms with E-state index >= 15 is 0 Å². The first-order chi connectivity index (χ1) is 7.64. The first kappa shape index (κ1) is 11.4. The van der Waals surface area contributed by atoms with Gasteiger partial charge in [0.1, 0.15) is 11.4 Å². The van der Waals surface area contributed by atoms with Crippen molar-refractivity contribution in [2.75, 3.05) is 7.11 Å². The van der Waals surface area contributed by atoms with Gasteiger partial charge in [0.15, 0.2) is 0 Å². The summed E-state index contributed by atoms with van der Waals surface area (Å²) in [5, 5.41) is 0. The second-order valence-corrected chi connectivity index (χ2v) is 4.55. The van der Waals surface area contributed by atoms with E-state index < -0.39 is 5.67 Å². The Bertz CT molecular complexity index is 351. The van der Waals surface area contributed by atoms with Gasteiger partial charge in [-0.2, -0.15) is 0 Å². The molecule has 0 heterocycles. The van der Waals surface area contributed by atoms with Gasteiger partial charge in [-0.1, -0.05) is 12.1 Å². The molecular formula is C13H18FNO. The van der Waals surface area contributed by atoms with Crippen LogP contribution in [-0.2, 0) is 5.67 Å². The van der Waals surface area contributed by atoms with Crippen molar-refractivity contribution in [3.63, 3.8) is 0 Å². The molecule has 2 unspecified atom stereocenters. The molecule has 88 valence electrons. The third-order valence-electron chi connectivity index (χ3n) is 3.34. The zero-order valence-electron chi connectivity index (χ0n) is 9.58. The Kier molecular flexibility index (Phi) is 3.15. The lowest BCUT2D eigenvalue weighted by molar-refractivity contribution is 0.0947. The SMILES string of the molecule is COc1ccc(C2(F)CCCC(N)C2)cc1. The summed E-state index contributed by atoms with van der Waals surface area (Å²) in [6.45, 7) is 0. The van der Waals surface area contributed by atoms with Crippen LogP contribution in [0, 0.1) is 0 Å². The summed E-state index contributed by atoms with van der Waals surface area (Å²) >= 11 is 0. The molecule has 0 amide bonds. The van der Waals surface area contributed by atoms with Crippen LogP contribution in [0.2, 0.25) is 0 Å². The van der Waals surface area contributed by atoms with Gasteiger partial charge >= 0.3 is 0 Å². The minimum Gasteiger partial charge on any atom is -0.497 e. The van der Waals surface area contributed by atoms with Crippen LogP contribution in [0.25, 0.3) is 0 Å². The Morgan fingerprint density at radius 1 is 1.38 bits per heavy atom. The lowest BCUT2D eigenvalue weighted by Gasteiger charge is -2.33. The fourth-order valence-corrected chi connectivity index (χ4v) is 2.42. The number of halogens is 1. The van der Waals surface area contributed by atoms with E-state index in [1.54, 1.807) is 31.4 Å². The molecule has 16 heavy (non-hydrogen) atoms. The largest absolute Gasteiger partial charge is 0.497 e. The Labute approximate surface area is 95.6 Å². The van der Waals surface area contributed by atoms with Gasteiger partial charge < -0.3 is 10.5 Å². The van der Waals surface area contributed by atoms with Crippen LogP contribution in [0.5, 0.6) is 5.75 Å². The predicted molar refractivity (Wildman–Crippen MR) is 62.2 cm³/mol. The lowest BCUT2D eigenvalue weighted by Crippen LogP contribution is -2.36. The van der Waals surface area contributed by atoms with Crippen LogP contribution in [0.4, 0.5) is 4.39 Å². The number of nitrogens with two attached hydrogens (primary N) is 1. The standard InChI is InChI=1S/C13H18FNO/c1-16-12-6-4-10(5-7-12)13(14)8-2-3-11(15)9-13/h4-7,11H,2-3,8-9,15H2,1H3. The highest BCUT2D eigenvalue weighted by Gasteiger charge is 2.36. The van der Waals surface area contributed by atoms with Gasteiger partial charge in [-0.05, 0) is 37.0 Å². The molecule has 1 fully saturated rings. The molecule has 1 aromatic carbocycles. The van der Waals surface area contributed by atoms with Crippen LogP contribution in [0.1, 0.15) is 31.2 Å². The van der Waals surface area contributed by atoms with E-state index in [0.717, 1.165) is 24.2 Å². The topological polar surface area (TPSA) is 35.2 Å². The monoisotopic (exact) mass is 223 g/mol. The third kappa shape index (κ3) is 2.19. The maximum Gasteiger partial charge on any atom is 0.137 e. The highest BCUT2D eigenvalue weighted by molar-refractivity contribution is 5.31. The molecule has 2 rings (SSSR count). The summed E-state index contributed by atoms with van der Waals surface area (Å²) in [4.78, 5) is 0. The van der Waals surface area contributed by atoms with E-state index in [2.05, 4.69) is 0 Å². The maximum absolute atomic E-state index is 14.7. The molecule has 0 radical (unpaired) electrons. The van der Waals surface area contributed by atoms with Crippen molar-refractivity contribution in [1.82, 2.24) is 0 Å². The number of hydrogen-bond donors (Lipinski definition) is 1. The third-order valence-corrected chi connectivity index (χ3v) is 3.34. The summed E-state index contributed by atoms with van der Waals surface area (Å²) in [6, 6.07) is 7.20. The molecule has 1 saturated carbocycles. The van der Waals surface area contributed by atoms with E-state index in [1.165, 1.54) is 0 Å². The van der Waals surface area contributed by atoms with Gasteiger partial charge in [0.25, 0.3) is 0 Å². The molecule has 3 heteroatoms. The molecule has 1 aromatic rings. The lowest BCUT2D eigenvalue weighted by atomic mass is 9.79. The molecule has 0 aliphatic heterocycles. The second kappa shape index (κ2) is 4.42. The summed E-state index contributed by atoms with van der Waals surface area (Å²) in [7, 11) is 1.61. The minimum atomic E-state index is -1.25. The van der Waals surface area contributed by atoms with Crippen LogP contribution in [0.15, 0.2) is 24.3 Å². The summed E-state index contributed by atoms with van der Waals surface area (Å²) in [6.07, 6.45) is 2.80. The van der Waals surface area contributed by atoms with Gasteiger partial charge in [0, 0.05) is 12.5 Å². The van der Waals surface area contributed by atoms with Gasteiger partial charge in [-0.3, -0.25) is 0 Å². The predicted octanol–water partition coefficient (Wildman–Crippen LogP) is 2.76. The summed E-state index contributed by atoms with van der Waals surface area (Å²) < 4.78 is 19.7. The van der Waals surface area contributed by atoms with Crippen molar-refractivity contribution >= 4 is 0 Å². The van der Waals surface area contributed by atoms with E-state index in [-0.39, 0.29) is 6.04 Å². The molecule has 1 aliphatic rings. The summed E-state index contributed by atoms with van der Waals surface area (Å²) in [5.74, 6) is 0.757.